The van der Waals surface area contributed by atoms with E-state index >= 15 is 0 Å². The summed E-state index contributed by atoms with van der Waals surface area (Å²) < 4.78 is 0. The van der Waals surface area contributed by atoms with Crippen LogP contribution in [0.3, 0.4) is 0 Å². The molecule has 0 radical (unpaired) electrons. The Morgan fingerprint density at radius 2 is 1.91 bits per heavy atom. The summed E-state index contributed by atoms with van der Waals surface area (Å²) in [6.07, 6.45) is 1.19. The summed E-state index contributed by atoms with van der Waals surface area (Å²) in [4.78, 5) is 0. The highest BCUT2D eigenvalue weighted by molar-refractivity contribution is 4.90. The van der Waals surface area contributed by atoms with E-state index in [1.54, 1.807) is 0 Å². The second-order valence-electron chi connectivity index (χ2n) is 3.19. The van der Waals surface area contributed by atoms with Gasteiger partial charge in [0, 0.05) is 27.2 Å². The van der Waals surface area contributed by atoms with Crippen LogP contribution in [0.5, 0.6) is 0 Å². The van der Waals surface area contributed by atoms with Crippen molar-refractivity contribution in [2.24, 2.45) is 0 Å². The first kappa shape index (κ1) is 10.7. The molecular weight excluding hydrogens is 136 g/mol. The van der Waals surface area contributed by atoms with E-state index in [0.717, 1.165) is 13.1 Å². The third-order valence-electron chi connectivity index (χ3n) is 1.50. The summed E-state index contributed by atoms with van der Waals surface area (Å²) in [6.45, 7) is 10.2. The molecule has 0 amide bonds. The SMILES string of the molecule is C=C(C)CN(CCC)N(C)C. The fourth-order valence-electron chi connectivity index (χ4n) is 0.990. The van der Waals surface area contributed by atoms with Crippen LogP contribution in [0, 0.1) is 0 Å². The normalized spacial score (nSPS) is 11.1. The monoisotopic (exact) mass is 156 g/mol. The van der Waals surface area contributed by atoms with Crippen LogP contribution in [0.2, 0.25) is 0 Å². The van der Waals surface area contributed by atoms with Crippen LogP contribution in [0.25, 0.3) is 0 Å². The molecule has 0 saturated carbocycles. The van der Waals surface area contributed by atoms with Gasteiger partial charge in [-0.1, -0.05) is 19.1 Å². The highest BCUT2D eigenvalue weighted by Crippen LogP contribution is 1.98. The molecule has 66 valence electrons. The second kappa shape index (κ2) is 5.33. The largest absolute Gasteiger partial charge is 0.248 e. The molecule has 0 heterocycles. The summed E-state index contributed by atoms with van der Waals surface area (Å²) in [5.74, 6) is 0. The van der Waals surface area contributed by atoms with E-state index in [9.17, 15) is 0 Å². The van der Waals surface area contributed by atoms with Crippen LogP contribution in [0.15, 0.2) is 12.2 Å². The lowest BCUT2D eigenvalue weighted by Crippen LogP contribution is -2.38. The van der Waals surface area contributed by atoms with Crippen molar-refractivity contribution in [3.05, 3.63) is 12.2 Å². The van der Waals surface area contributed by atoms with Gasteiger partial charge in [-0.15, -0.1) is 0 Å². The van der Waals surface area contributed by atoms with Crippen molar-refractivity contribution in [3.8, 4) is 0 Å². The molecule has 2 nitrogen and oxygen atoms in total. The molecule has 11 heavy (non-hydrogen) atoms. The predicted molar refractivity (Wildman–Crippen MR) is 50.4 cm³/mol. The lowest BCUT2D eigenvalue weighted by atomic mass is 10.3. The molecule has 0 aliphatic heterocycles. The van der Waals surface area contributed by atoms with Gasteiger partial charge in [0.15, 0.2) is 0 Å². The van der Waals surface area contributed by atoms with Gasteiger partial charge in [-0.05, 0) is 13.3 Å². The van der Waals surface area contributed by atoms with Crippen molar-refractivity contribution < 1.29 is 0 Å². The molecule has 0 aromatic carbocycles. The fraction of sp³-hybridized carbons (Fsp3) is 0.778. The molecule has 0 spiro atoms. The number of rotatable bonds is 5. The van der Waals surface area contributed by atoms with E-state index in [1.807, 2.05) is 0 Å². The van der Waals surface area contributed by atoms with E-state index in [2.05, 4.69) is 44.5 Å². The van der Waals surface area contributed by atoms with Gasteiger partial charge in [0.1, 0.15) is 0 Å². The minimum Gasteiger partial charge on any atom is -0.248 e. The molecule has 0 aliphatic carbocycles. The predicted octanol–water partition coefficient (Wildman–Crippen LogP) is 1.75. The van der Waals surface area contributed by atoms with Gasteiger partial charge >= 0.3 is 0 Å². The maximum Gasteiger partial charge on any atom is 0.0338 e. The van der Waals surface area contributed by atoms with Crippen LogP contribution < -0.4 is 0 Å². The smallest absolute Gasteiger partial charge is 0.0338 e. The zero-order valence-corrected chi connectivity index (χ0v) is 8.22. The first-order valence-electron chi connectivity index (χ1n) is 4.14. The highest BCUT2D eigenvalue weighted by atomic mass is 15.6. The summed E-state index contributed by atoms with van der Waals surface area (Å²) in [7, 11) is 4.14. The molecule has 0 aromatic heterocycles. The molecule has 0 saturated heterocycles. The molecule has 0 atom stereocenters. The topological polar surface area (TPSA) is 6.48 Å². The van der Waals surface area contributed by atoms with Crippen LogP contribution in [-0.4, -0.2) is 37.2 Å². The minimum absolute atomic E-state index is 0.973. The number of hydrazine groups is 1. The van der Waals surface area contributed by atoms with E-state index in [4.69, 9.17) is 0 Å². The van der Waals surface area contributed by atoms with Crippen LogP contribution in [-0.2, 0) is 0 Å². The molecular formula is C9H20N2. The van der Waals surface area contributed by atoms with Crippen LogP contribution in [0.1, 0.15) is 20.3 Å². The Balaban J connectivity index is 3.79. The summed E-state index contributed by atoms with van der Waals surface area (Å²) in [5, 5.41) is 4.40. The molecule has 0 rings (SSSR count). The summed E-state index contributed by atoms with van der Waals surface area (Å²) >= 11 is 0. The van der Waals surface area contributed by atoms with E-state index in [0.29, 0.717) is 0 Å². The third kappa shape index (κ3) is 4.99. The Morgan fingerprint density at radius 1 is 1.36 bits per heavy atom. The van der Waals surface area contributed by atoms with E-state index in [1.165, 1.54) is 12.0 Å². The Bertz CT molecular complexity index is 119. The minimum atomic E-state index is 0.973. The summed E-state index contributed by atoms with van der Waals surface area (Å²) in [5.41, 5.74) is 1.21. The number of nitrogens with zero attached hydrogens (tertiary/aromatic N) is 2. The van der Waals surface area contributed by atoms with Crippen molar-refractivity contribution in [1.29, 1.82) is 0 Å². The molecule has 2 heteroatoms. The maximum absolute atomic E-state index is 3.89. The van der Waals surface area contributed by atoms with Gasteiger partial charge in [0.05, 0.1) is 0 Å². The average Bonchev–Trinajstić information content (AvgIpc) is 1.86. The van der Waals surface area contributed by atoms with Crippen molar-refractivity contribution in [3.63, 3.8) is 0 Å². The summed E-state index contributed by atoms with van der Waals surface area (Å²) in [6, 6.07) is 0. The molecule has 0 aromatic rings. The Hall–Kier alpha value is -0.340. The third-order valence-corrected chi connectivity index (χ3v) is 1.50. The van der Waals surface area contributed by atoms with Crippen molar-refractivity contribution in [1.82, 2.24) is 10.0 Å². The van der Waals surface area contributed by atoms with Crippen molar-refractivity contribution in [2.75, 3.05) is 27.2 Å². The Kier molecular flexibility index (Phi) is 5.16. The van der Waals surface area contributed by atoms with Gasteiger partial charge in [-0.2, -0.15) is 0 Å². The van der Waals surface area contributed by atoms with Crippen LogP contribution >= 0.6 is 0 Å². The van der Waals surface area contributed by atoms with Crippen molar-refractivity contribution in [2.45, 2.75) is 20.3 Å². The van der Waals surface area contributed by atoms with Gasteiger partial charge < -0.3 is 0 Å². The van der Waals surface area contributed by atoms with Crippen molar-refractivity contribution >= 4 is 0 Å². The standard InChI is InChI=1S/C9H20N2/c1-6-7-11(10(4)5)8-9(2)3/h2,6-8H2,1,3-5H3. The molecule has 0 N–H and O–H groups in total. The Labute approximate surface area is 70.5 Å². The first-order chi connectivity index (χ1) is 5.07. The second-order valence-corrected chi connectivity index (χ2v) is 3.19. The number of hydrogen-bond acceptors (Lipinski definition) is 2. The van der Waals surface area contributed by atoms with Gasteiger partial charge in [-0.25, -0.2) is 10.0 Å². The first-order valence-corrected chi connectivity index (χ1v) is 4.14. The van der Waals surface area contributed by atoms with Gasteiger partial charge in [-0.3, -0.25) is 0 Å². The van der Waals surface area contributed by atoms with E-state index in [-0.39, 0.29) is 0 Å². The van der Waals surface area contributed by atoms with Crippen LogP contribution in [0.4, 0.5) is 0 Å². The average molecular weight is 156 g/mol. The molecule has 0 fully saturated rings. The number of hydrogen-bond donors (Lipinski definition) is 0. The molecule has 0 aliphatic rings. The quantitative estimate of drug-likeness (QED) is 0.442. The zero-order valence-electron chi connectivity index (χ0n) is 8.22. The fourth-order valence-corrected chi connectivity index (χ4v) is 0.990. The molecule has 0 unspecified atom stereocenters. The van der Waals surface area contributed by atoms with Gasteiger partial charge in [0.25, 0.3) is 0 Å². The van der Waals surface area contributed by atoms with Gasteiger partial charge in [0.2, 0.25) is 0 Å². The zero-order chi connectivity index (χ0) is 8.85. The lowest BCUT2D eigenvalue weighted by molar-refractivity contribution is 0.0358. The van der Waals surface area contributed by atoms with E-state index < -0.39 is 0 Å². The maximum atomic E-state index is 3.89. The highest BCUT2D eigenvalue weighted by Gasteiger charge is 2.04. The Morgan fingerprint density at radius 3 is 2.18 bits per heavy atom. The lowest BCUT2D eigenvalue weighted by Gasteiger charge is -2.28. The molecule has 0 bridgehead atoms.